The number of nitrogen functional groups attached to an aromatic ring is 1. The molecular formula is C6H8FN3. The molecule has 10 heavy (non-hydrogen) atoms. The summed E-state index contributed by atoms with van der Waals surface area (Å²) in [5.74, 6) is 0.171. The van der Waals surface area contributed by atoms with Gasteiger partial charge in [0, 0.05) is 18.0 Å². The Morgan fingerprint density at radius 2 is 2.00 bits per heavy atom. The largest absolute Gasteiger partial charge is 0.368 e. The standard InChI is InChI=1S/C6H8FN3/c1-4(7)5-2-9-6(8)10-3-5/h2-4H,1H3,(H2,8,9,10). The van der Waals surface area contributed by atoms with Gasteiger partial charge in [0.15, 0.2) is 0 Å². The SMILES string of the molecule is CC(F)c1cnc(N)nc1. The van der Waals surface area contributed by atoms with E-state index in [1.165, 1.54) is 19.3 Å². The van der Waals surface area contributed by atoms with E-state index in [-0.39, 0.29) is 5.95 Å². The van der Waals surface area contributed by atoms with Crippen molar-refractivity contribution in [3.05, 3.63) is 18.0 Å². The molecule has 1 aromatic rings. The molecule has 0 saturated carbocycles. The summed E-state index contributed by atoms with van der Waals surface area (Å²) >= 11 is 0. The number of anilines is 1. The quantitative estimate of drug-likeness (QED) is 0.636. The van der Waals surface area contributed by atoms with Gasteiger partial charge in [0.05, 0.1) is 0 Å². The molecule has 3 nitrogen and oxygen atoms in total. The topological polar surface area (TPSA) is 51.8 Å². The van der Waals surface area contributed by atoms with Crippen molar-refractivity contribution < 1.29 is 4.39 Å². The first-order valence-electron chi connectivity index (χ1n) is 2.91. The van der Waals surface area contributed by atoms with Crippen molar-refractivity contribution in [2.75, 3.05) is 5.73 Å². The van der Waals surface area contributed by atoms with Crippen molar-refractivity contribution in [3.8, 4) is 0 Å². The Morgan fingerprint density at radius 3 is 2.40 bits per heavy atom. The van der Waals surface area contributed by atoms with Gasteiger partial charge in [0.1, 0.15) is 6.17 Å². The minimum atomic E-state index is -1.03. The van der Waals surface area contributed by atoms with Crippen molar-refractivity contribution in [1.82, 2.24) is 9.97 Å². The van der Waals surface area contributed by atoms with Crippen LogP contribution in [-0.2, 0) is 0 Å². The van der Waals surface area contributed by atoms with E-state index >= 15 is 0 Å². The fraction of sp³-hybridized carbons (Fsp3) is 0.333. The third-order valence-corrected chi connectivity index (χ3v) is 1.15. The van der Waals surface area contributed by atoms with Crippen LogP contribution in [0.25, 0.3) is 0 Å². The van der Waals surface area contributed by atoms with Crippen molar-refractivity contribution in [2.24, 2.45) is 0 Å². The fourth-order valence-corrected chi connectivity index (χ4v) is 0.553. The number of halogens is 1. The highest BCUT2D eigenvalue weighted by atomic mass is 19.1. The van der Waals surface area contributed by atoms with Gasteiger partial charge in [-0.2, -0.15) is 0 Å². The summed E-state index contributed by atoms with van der Waals surface area (Å²) < 4.78 is 12.4. The molecule has 2 N–H and O–H groups in total. The van der Waals surface area contributed by atoms with E-state index in [9.17, 15) is 4.39 Å². The number of nitrogens with zero attached hydrogens (tertiary/aromatic N) is 2. The van der Waals surface area contributed by atoms with Gasteiger partial charge in [-0.25, -0.2) is 14.4 Å². The van der Waals surface area contributed by atoms with Crippen LogP contribution in [0.4, 0.5) is 10.3 Å². The Morgan fingerprint density at radius 1 is 1.50 bits per heavy atom. The zero-order chi connectivity index (χ0) is 7.56. The highest BCUT2D eigenvalue weighted by Crippen LogP contribution is 2.13. The van der Waals surface area contributed by atoms with Crippen LogP contribution in [0.2, 0.25) is 0 Å². The van der Waals surface area contributed by atoms with E-state index in [0.29, 0.717) is 5.56 Å². The number of hydrogen-bond donors (Lipinski definition) is 1. The van der Waals surface area contributed by atoms with Crippen LogP contribution in [0.5, 0.6) is 0 Å². The molecule has 0 radical (unpaired) electrons. The first-order chi connectivity index (χ1) is 4.70. The Balaban J connectivity index is 2.89. The fourth-order valence-electron chi connectivity index (χ4n) is 0.553. The van der Waals surface area contributed by atoms with Gasteiger partial charge in [0.25, 0.3) is 0 Å². The van der Waals surface area contributed by atoms with Crippen molar-refractivity contribution in [1.29, 1.82) is 0 Å². The zero-order valence-electron chi connectivity index (χ0n) is 5.58. The second kappa shape index (κ2) is 2.60. The predicted molar refractivity (Wildman–Crippen MR) is 36.0 cm³/mol. The number of nitrogens with two attached hydrogens (primary N) is 1. The monoisotopic (exact) mass is 141 g/mol. The van der Waals surface area contributed by atoms with Crippen LogP contribution in [0, 0.1) is 0 Å². The summed E-state index contributed by atoms with van der Waals surface area (Å²) in [4.78, 5) is 7.25. The van der Waals surface area contributed by atoms with Crippen molar-refractivity contribution in [3.63, 3.8) is 0 Å². The smallest absolute Gasteiger partial charge is 0.219 e. The summed E-state index contributed by atoms with van der Waals surface area (Å²) in [6.07, 6.45) is 1.74. The molecule has 0 amide bonds. The molecule has 1 atom stereocenters. The third-order valence-electron chi connectivity index (χ3n) is 1.15. The van der Waals surface area contributed by atoms with Crippen LogP contribution >= 0.6 is 0 Å². The van der Waals surface area contributed by atoms with Crippen molar-refractivity contribution in [2.45, 2.75) is 13.1 Å². The van der Waals surface area contributed by atoms with Crippen LogP contribution in [0.15, 0.2) is 12.4 Å². The van der Waals surface area contributed by atoms with E-state index in [4.69, 9.17) is 5.73 Å². The summed E-state index contributed by atoms with van der Waals surface area (Å²) in [6, 6.07) is 0. The molecule has 0 aliphatic carbocycles. The van der Waals surface area contributed by atoms with Crippen molar-refractivity contribution >= 4 is 5.95 Å². The molecule has 0 aliphatic heterocycles. The molecule has 0 spiro atoms. The molecular weight excluding hydrogens is 133 g/mol. The maximum Gasteiger partial charge on any atom is 0.219 e. The lowest BCUT2D eigenvalue weighted by atomic mass is 10.2. The van der Waals surface area contributed by atoms with Crippen LogP contribution in [-0.4, -0.2) is 9.97 Å². The summed E-state index contributed by atoms with van der Waals surface area (Å²) in [7, 11) is 0. The lowest BCUT2D eigenvalue weighted by Crippen LogP contribution is -1.96. The lowest BCUT2D eigenvalue weighted by molar-refractivity contribution is 0.372. The Bertz CT molecular complexity index is 207. The summed E-state index contributed by atoms with van der Waals surface area (Å²) in [5, 5.41) is 0. The molecule has 1 unspecified atom stereocenters. The Hall–Kier alpha value is -1.19. The third kappa shape index (κ3) is 1.40. The van der Waals surface area contributed by atoms with Gasteiger partial charge in [-0.1, -0.05) is 0 Å². The predicted octanol–water partition coefficient (Wildman–Crippen LogP) is 1.09. The van der Waals surface area contributed by atoms with Gasteiger partial charge < -0.3 is 5.73 Å². The van der Waals surface area contributed by atoms with Crippen LogP contribution < -0.4 is 5.73 Å². The molecule has 1 aromatic heterocycles. The highest BCUT2D eigenvalue weighted by molar-refractivity contribution is 5.18. The molecule has 1 rings (SSSR count). The highest BCUT2D eigenvalue weighted by Gasteiger charge is 2.01. The van der Waals surface area contributed by atoms with Gasteiger partial charge >= 0.3 is 0 Å². The summed E-state index contributed by atoms with van der Waals surface area (Å²) in [5.41, 5.74) is 5.64. The Labute approximate surface area is 58.1 Å². The van der Waals surface area contributed by atoms with E-state index in [2.05, 4.69) is 9.97 Å². The van der Waals surface area contributed by atoms with E-state index < -0.39 is 6.17 Å². The number of alkyl halides is 1. The first kappa shape index (κ1) is 6.92. The molecule has 54 valence electrons. The van der Waals surface area contributed by atoms with Gasteiger partial charge in [-0.05, 0) is 6.92 Å². The molecule has 0 aromatic carbocycles. The van der Waals surface area contributed by atoms with E-state index in [0.717, 1.165) is 0 Å². The number of rotatable bonds is 1. The lowest BCUT2D eigenvalue weighted by Gasteiger charge is -1.98. The van der Waals surface area contributed by atoms with E-state index in [1.807, 2.05) is 0 Å². The average Bonchev–Trinajstić information content (AvgIpc) is 1.88. The molecule has 0 aliphatic rings. The minimum absolute atomic E-state index is 0.171. The number of aromatic nitrogens is 2. The molecule has 0 fully saturated rings. The average molecular weight is 141 g/mol. The van der Waals surface area contributed by atoms with Crippen LogP contribution in [0.3, 0.4) is 0 Å². The zero-order valence-corrected chi connectivity index (χ0v) is 5.58. The first-order valence-corrected chi connectivity index (χ1v) is 2.91. The second-order valence-corrected chi connectivity index (χ2v) is 1.99. The molecule has 0 bridgehead atoms. The minimum Gasteiger partial charge on any atom is -0.368 e. The molecule has 4 heteroatoms. The second-order valence-electron chi connectivity index (χ2n) is 1.99. The molecule has 1 heterocycles. The number of hydrogen-bond acceptors (Lipinski definition) is 3. The molecule has 0 saturated heterocycles. The van der Waals surface area contributed by atoms with E-state index in [1.54, 1.807) is 0 Å². The normalized spacial score (nSPS) is 13.0. The van der Waals surface area contributed by atoms with Gasteiger partial charge in [0.2, 0.25) is 5.95 Å². The van der Waals surface area contributed by atoms with Crippen LogP contribution in [0.1, 0.15) is 18.7 Å². The van der Waals surface area contributed by atoms with Gasteiger partial charge in [-0.3, -0.25) is 0 Å². The van der Waals surface area contributed by atoms with Gasteiger partial charge in [-0.15, -0.1) is 0 Å². The maximum absolute atomic E-state index is 12.4. The summed E-state index contributed by atoms with van der Waals surface area (Å²) in [6.45, 7) is 1.43. The maximum atomic E-state index is 12.4. The Kier molecular flexibility index (Phi) is 1.80.